The molecule has 6 heteroatoms. The van der Waals surface area contributed by atoms with Crippen LogP contribution in [-0.4, -0.2) is 47.4 Å². The molecular formula is C78H151NO5. The molecule has 0 aliphatic rings. The number of carbonyl (C=O) groups excluding carboxylic acids is 2. The maximum Gasteiger partial charge on any atom is 0.305 e. The van der Waals surface area contributed by atoms with Gasteiger partial charge in [0.15, 0.2) is 0 Å². The highest BCUT2D eigenvalue weighted by Crippen LogP contribution is 2.20. The van der Waals surface area contributed by atoms with Crippen LogP contribution in [0.25, 0.3) is 0 Å². The highest BCUT2D eigenvalue weighted by Gasteiger charge is 2.20. The average Bonchev–Trinajstić information content (AvgIpc) is 3.51. The molecule has 84 heavy (non-hydrogen) atoms. The van der Waals surface area contributed by atoms with E-state index in [1.165, 1.54) is 360 Å². The molecule has 0 saturated carbocycles. The molecule has 2 atom stereocenters. The zero-order valence-corrected chi connectivity index (χ0v) is 57.2. The maximum absolute atomic E-state index is 12.6. The van der Waals surface area contributed by atoms with Gasteiger partial charge in [-0.05, 0) is 77.0 Å². The van der Waals surface area contributed by atoms with Crippen molar-refractivity contribution in [3.05, 3.63) is 24.3 Å². The fraction of sp³-hybridized carbons (Fsp3) is 0.923. The summed E-state index contributed by atoms with van der Waals surface area (Å²) in [6.45, 7) is 4.99. The molecule has 0 aromatic heterocycles. The number of rotatable bonds is 73. The van der Waals surface area contributed by atoms with Crippen molar-refractivity contribution in [2.75, 3.05) is 13.2 Å². The van der Waals surface area contributed by atoms with E-state index >= 15 is 0 Å². The molecule has 0 bridgehead atoms. The smallest absolute Gasteiger partial charge is 0.305 e. The van der Waals surface area contributed by atoms with Crippen molar-refractivity contribution >= 4 is 11.9 Å². The summed E-state index contributed by atoms with van der Waals surface area (Å²) in [4.78, 5) is 24.6. The molecule has 0 aromatic carbocycles. The van der Waals surface area contributed by atoms with Crippen molar-refractivity contribution in [3.8, 4) is 0 Å². The molecule has 0 spiro atoms. The summed E-state index contributed by atoms with van der Waals surface area (Å²) in [5.74, 6) is -0.0176. The fourth-order valence-corrected chi connectivity index (χ4v) is 12.3. The van der Waals surface area contributed by atoms with E-state index in [4.69, 9.17) is 4.74 Å². The van der Waals surface area contributed by atoms with Gasteiger partial charge in [-0.1, -0.05) is 372 Å². The van der Waals surface area contributed by atoms with Gasteiger partial charge in [0.2, 0.25) is 5.91 Å². The van der Waals surface area contributed by atoms with Crippen molar-refractivity contribution < 1.29 is 24.5 Å². The Balaban J connectivity index is 3.36. The lowest BCUT2D eigenvalue weighted by Crippen LogP contribution is -2.45. The van der Waals surface area contributed by atoms with Crippen LogP contribution in [0.4, 0.5) is 0 Å². The first-order valence-electron chi connectivity index (χ1n) is 38.6. The van der Waals surface area contributed by atoms with Crippen LogP contribution in [0.15, 0.2) is 24.3 Å². The van der Waals surface area contributed by atoms with Gasteiger partial charge < -0.3 is 20.3 Å². The molecule has 0 aliphatic heterocycles. The van der Waals surface area contributed by atoms with Gasteiger partial charge >= 0.3 is 5.97 Å². The van der Waals surface area contributed by atoms with Gasteiger partial charge in [0, 0.05) is 12.8 Å². The largest absolute Gasteiger partial charge is 0.466 e. The molecule has 498 valence electrons. The lowest BCUT2D eigenvalue weighted by Gasteiger charge is -2.22. The van der Waals surface area contributed by atoms with Gasteiger partial charge in [-0.3, -0.25) is 9.59 Å². The number of nitrogens with one attached hydrogen (secondary N) is 1. The van der Waals surface area contributed by atoms with E-state index in [0.29, 0.717) is 25.9 Å². The first kappa shape index (κ1) is 82.3. The van der Waals surface area contributed by atoms with Crippen LogP contribution in [-0.2, 0) is 14.3 Å². The van der Waals surface area contributed by atoms with Crippen LogP contribution in [0.5, 0.6) is 0 Å². The summed E-state index contributed by atoms with van der Waals surface area (Å²) in [6.07, 6.45) is 94.0. The van der Waals surface area contributed by atoms with E-state index in [0.717, 1.165) is 44.9 Å². The van der Waals surface area contributed by atoms with Gasteiger partial charge in [-0.2, -0.15) is 0 Å². The van der Waals surface area contributed by atoms with E-state index in [2.05, 4.69) is 43.5 Å². The Kier molecular flexibility index (Phi) is 72.3. The summed E-state index contributed by atoms with van der Waals surface area (Å²) < 4.78 is 5.49. The molecule has 0 radical (unpaired) electrons. The zero-order chi connectivity index (χ0) is 60.6. The van der Waals surface area contributed by atoms with Crippen molar-refractivity contribution in [1.82, 2.24) is 5.32 Å². The topological polar surface area (TPSA) is 95.9 Å². The predicted octanol–water partition coefficient (Wildman–Crippen LogP) is 25.3. The lowest BCUT2D eigenvalue weighted by molar-refractivity contribution is -0.143. The van der Waals surface area contributed by atoms with Gasteiger partial charge in [0.25, 0.3) is 0 Å². The zero-order valence-electron chi connectivity index (χ0n) is 57.2. The van der Waals surface area contributed by atoms with E-state index in [1.54, 1.807) is 0 Å². The summed E-state index contributed by atoms with van der Waals surface area (Å²) in [5, 5.41) is 23.5. The lowest BCUT2D eigenvalue weighted by atomic mass is 10.0. The molecule has 6 nitrogen and oxygen atoms in total. The number of unbranched alkanes of at least 4 members (excludes halogenated alkanes) is 58. The third kappa shape index (κ3) is 69.4. The predicted molar refractivity (Wildman–Crippen MR) is 370 cm³/mol. The van der Waals surface area contributed by atoms with Crippen LogP contribution >= 0.6 is 0 Å². The van der Waals surface area contributed by atoms with Crippen LogP contribution in [0.1, 0.15) is 438 Å². The van der Waals surface area contributed by atoms with Gasteiger partial charge in [-0.25, -0.2) is 0 Å². The molecule has 1 amide bonds. The number of hydrogen-bond acceptors (Lipinski definition) is 5. The molecule has 3 N–H and O–H groups in total. The Bertz CT molecular complexity index is 1320. The number of ether oxygens (including phenoxy) is 1. The molecule has 0 rings (SSSR count). The molecule has 0 aliphatic carbocycles. The van der Waals surface area contributed by atoms with Crippen LogP contribution in [0.2, 0.25) is 0 Å². The summed E-state index contributed by atoms with van der Waals surface area (Å²) in [7, 11) is 0. The third-order valence-electron chi connectivity index (χ3n) is 18.2. The second kappa shape index (κ2) is 73.8. The number of amides is 1. The maximum atomic E-state index is 12.6. The Morgan fingerprint density at radius 2 is 0.560 bits per heavy atom. The number of allylic oxidation sites excluding steroid dienone is 4. The fourth-order valence-electron chi connectivity index (χ4n) is 12.3. The van der Waals surface area contributed by atoms with E-state index < -0.39 is 12.1 Å². The molecule has 0 fully saturated rings. The number of carbonyl (C=O) groups is 2. The Labute approximate surface area is 526 Å². The minimum absolute atomic E-state index is 0.0100. The first-order chi connectivity index (χ1) is 41.5. The minimum atomic E-state index is -0.664. The summed E-state index contributed by atoms with van der Waals surface area (Å²) >= 11 is 0. The highest BCUT2D eigenvalue weighted by atomic mass is 16.5. The standard InChI is InChI=1S/C78H151NO5/c1-3-5-7-9-11-13-15-17-19-20-21-22-34-37-40-43-46-50-54-58-62-66-70-76(81)75(74-80)79-77(82)71-67-63-59-55-51-47-44-41-38-35-32-30-28-26-24-23-25-27-29-31-33-36-39-42-45-49-53-57-61-65-69-73-84-78(83)72-68-64-60-56-52-48-18-16-14-12-10-8-6-4-2/h16,18,25,27,75-76,80-81H,3-15,17,19-24,26,28-74H2,1-2H3,(H,79,82)/b18-16-,27-25-. The van der Waals surface area contributed by atoms with Crippen molar-refractivity contribution in [1.29, 1.82) is 0 Å². The normalized spacial score (nSPS) is 12.6. The minimum Gasteiger partial charge on any atom is -0.466 e. The quantitative estimate of drug-likeness (QED) is 0.0320. The number of aliphatic hydroxyl groups excluding tert-OH is 2. The van der Waals surface area contributed by atoms with Crippen molar-refractivity contribution in [2.45, 2.75) is 450 Å². The number of hydrogen-bond donors (Lipinski definition) is 3. The molecule has 0 aromatic rings. The van der Waals surface area contributed by atoms with Gasteiger partial charge in [-0.15, -0.1) is 0 Å². The monoisotopic (exact) mass is 1180 g/mol. The third-order valence-corrected chi connectivity index (χ3v) is 18.2. The Morgan fingerprint density at radius 3 is 0.845 bits per heavy atom. The second-order valence-electron chi connectivity index (χ2n) is 26.7. The van der Waals surface area contributed by atoms with Crippen LogP contribution in [0.3, 0.4) is 0 Å². The van der Waals surface area contributed by atoms with E-state index in [-0.39, 0.29) is 18.5 Å². The van der Waals surface area contributed by atoms with Gasteiger partial charge in [0.1, 0.15) is 0 Å². The van der Waals surface area contributed by atoms with Crippen LogP contribution < -0.4 is 5.32 Å². The van der Waals surface area contributed by atoms with Crippen molar-refractivity contribution in [3.63, 3.8) is 0 Å². The average molecular weight is 1180 g/mol. The summed E-state index contributed by atoms with van der Waals surface area (Å²) in [5.41, 5.74) is 0. The first-order valence-corrected chi connectivity index (χ1v) is 38.6. The molecular weight excluding hydrogens is 1030 g/mol. The van der Waals surface area contributed by atoms with Crippen molar-refractivity contribution in [2.24, 2.45) is 0 Å². The van der Waals surface area contributed by atoms with E-state index in [9.17, 15) is 19.8 Å². The van der Waals surface area contributed by atoms with Crippen LogP contribution in [0, 0.1) is 0 Å². The van der Waals surface area contributed by atoms with E-state index in [1.807, 2.05) is 0 Å². The highest BCUT2D eigenvalue weighted by molar-refractivity contribution is 5.76. The molecule has 2 unspecified atom stereocenters. The van der Waals surface area contributed by atoms with Gasteiger partial charge in [0.05, 0.1) is 25.4 Å². The number of esters is 1. The Hall–Kier alpha value is -1.66. The summed E-state index contributed by atoms with van der Waals surface area (Å²) in [6, 6.07) is -0.541. The molecule has 0 saturated heterocycles. The molecule has 0 heterocycles. The Morgan fingerprint density at radius 1 is 0.321 bits per heavy atom. The SMILES string of the molecule is CCCCCCC/C=C\CCCCCCCC(=O)OCCCCCCCCCCCCCC/C=C\CCCCCCCCCCCCCCCCCC(=O)NC(CO)C(O)CCCCCCCCCCCCCCCCCCCCCCCC. The second-order valence-corrected chi connectivity index (χ2v) is 26.7. The number of aliphatic hydroxyl groups is 2.